The number of para-hydroxylation sites is 1. The van der Waals surface area contributed by atoms with E-state index >= 15 is 0 Å². The first-order valence-electron chi connectivity index (χ1n) is 12.5. The van der Waals surface area contributed by atoms with Gasteiger partial charge < -0.3 is 10.1 Å². The van der Waals surface area contributed by atoms with Crippen LogP contribution >= 0.6 is 34.4 Å². The number of ether oxygens (including phenoxy) is 1. The van der Waals surface area contributed by atoms with Gasteiger partial charge in [-0.2, -0.15) is 13.2 Å². The highest BCUT2D eigenvalue weighted by atomic mass is 32.2. The predicted octanol–water partition coefficient (Wildman–Crippen LogP) is 5.43. The molecule has 2 aromatic heterocycles. The molecule has 216 valence electrons. The molecule has 2 unspecified atom stereocenters. The molecule has 0 aliphatic carbocycles. The summed E-state index contributed by atoms with van der Waals surface area (Å²) in [4.78, 5) is 55.7. The zero-order valence-electron chi connectivity index (χ0n) is 21.6. The lowest BCUT2D eigenvalue weighted by Crippen LogP contribution is -2.32. The number of hydrogen-bond donors (Lipinski definition) is 1. The number of thiophene rings is 1. The van der Waals surface area contributed by atoms with Gasteiger partial charge in [0.1, 0.15) is 17.5 Å². The highest BCUT2D eigenvalue weighted by molar-refractivity contribution is 8.00. The van der Waals surface area contributed by atoms with Gasteiger partial charge in [0.05, 0.1) is 35.0 Å². The Morgan fingerprint density at radius 3 is 2.40 bits per heavy atom. The van der Waals surface area contributed by atoms with Crippen LogP contribution in [0.1, 0.15) is 21.2 Å². The molecule has 14 heteroatoms. The van der Waals surface area contributed by atoms with Crippen molar-refractivity contribution in [3.05, 3.63) is 91.0 Å². The average Bonchev–Trinajstić information content (AvgIpc) is 3.66. The third-order valence-electron chi connectivity index (χ3n) is 7.04. The molecule has 0 spiro atoms. The van der Waals surface area contributed by atoms with Crippen molar-refractivity contribution in [3.63, 3.8) is 0 Å². The van der Waals surface area contributed by atoms with E-state index in [9.17, 15) is 32.3 Å². The van der Waals surface area contributed by atoms with Gasteiger partial charge in [-0.3, -0.25) is 23.7 Å². The van der Waals surface area contributed by atoms with Crippen LogP contribution in [-0.2, 0) is 27.1 Å². The fraction of sp³-hybridized carbons (Fsp3) is 0.214. The Morgan fingerprint density at radius 2 is 1.74 bits per heavy atom. The maximum atomic E-state index is 13.8. The number of thioether (sulfide) groups is 1. The van der Waals surface area contributed by atoms with Crippen molar-refractivity contribution in [2.24, 2.45) is 5.92 Å². The van der Waals surface area contributed by atoms with Crippen molar-refractivity contribution in [3.8, 4) is 5.75 Å². The second-order valence-corrected chi connectivity index (χ2v) is 12.6. The molecular weight excluding hydrogens is 612 g/mol. The van der Waals surface area contributed by atoms with Gasteiger partial charge in [-0.15, -0.1) is 11.3 Å². The molecular formula is C28H20F3N3O5S3. The van der Waals surface area contributed by atoms with Gasteiger partial charge >= 0.3 is 11.0 Å². The first-order chi connectivity index (χ1) is 20.1. The third-order valence-corrected chi connectivity index (χ3v) is 10.6. The van der Waals surface area contributed by atoms with Crippen molar-refractivity contribution < 1.29 is 32.3 Å². The largest absolute Gasteiger partial charge is 0.497 e. The number of nitrogens with one attached hydrogen (secondary N) is 1. The van der Waals surface area contributed by atoms with E-state index in [1.54, 1.807) is 24.3 Å². The van der Waals surface area contributed by atoms with Gasteiger partial charge in [-0.05, 0) is 47.8 Å². The maximum absolute atomic E-state index is 13.8. The molecule has 0 radical (unpaired) electrons. The fourth-order valence-electron chi connectivity index (χ4n) is 5.19. The van der Waals surface area contributed by atoms with E-state index in [4.69, 9.17) is 4.74 Å². The average molecular weight is 632 g/mol. The third kappa shape index (κ3) is 4.82. The minimum atomic E-state index is -4.69. The van der Waals surface area contributed by atoms with Crippen LogP contribution < -0.4 is 19.8 Å². The number of thiazole rings is 1. The Balaban J connectivity index is 1.36. The first-order valence-corrected chi connectivity index (χ1v) is 15.1. The number of fused-ring (bicyclic) bond motifs is 2. The van der Waals surface area contributed by atoms with E-state index in [0.717, 1.165) is 45.0 Å². The second-order valence-electron chi connectivity index (χ2n) is 9.48. The number of imide groups is 1. The molecule has 0 bridgehead atoms. The smallest absolute Gasteiger partial charge is 0.418 e. The van der Waals surface area contributed by atoms with Crippen molar-refractivity contribution in [2.45, 2.75) is 28.9 Å². The lowest BCUT2D eigenvalue weighted by atomic mass is 9.87. The topological polar surface area (TPSA) is 97.7 Å². The lowest BCUT2D eigenvalue weighted by molar-refractivity contribution is -0.137. The summed E-state index contributed by atoms with van der Waals surface area (Å²) in [5, 5.41) is 3.57. The summed E-state index contributed by atoms with van der Waals surface area (Å²) in [6.45, 7) is -0.567. The molecule has 4 heterocycles. The molecule has 2 aliphatic rings. The second kappa shape index (κ2) is 10.7. The van der Waals surface area contributed by atoms with Crippen LogP contribution in [0.5, 0.6) is 5.75 Å². The predicted molar refractivity (Wildman–Crippen MR) is 153 cm³/mol. The molecule has 42 heavy (non-hydrogen) atoms. The number of amides is 3. The van der Waals surface area contributed by atoms with Gasteiger partial charge in [-0.25, -0.2) is 4.90 Å². The molecule has 1 N–H and O–H groups in total. The van der Waals surface area contributed by atoms with Gasteiger partial charge in [0.25, 0.3) is 0 Å². The molecule has 0 saturated carbocycles. The maximum Gasteiger partial charge on any atom is 0.418 e. The van der Waals surface area contributed by atoms with Crippen LogP contribution in [0.15, 0.2) is 75.9 Å². The normalized spacial score (nSPS) is 19.9. The number of carbonyl (C=O) groups excluding carboxylic acids is 3. The summed E-state index contributed by atoms with van der Waals surface area (Å²) in [7, 11) is 1.51. The fourth-order valence-corrected chi connectivity index (χ4v) is 8.91. The molecule has 3 atom stereocenters. The first kappa shape index (κ1) is 28.2. The summed E-state index contributed by atoms with van der Waals surface area (Å²) in [5.74, 6) is -2.54. The quantitative estimate of drug-likeness (QED) is 0.285. The molecule has 1 fully saturated rings. The highest BCUT2D eigenvalue weighted by Crippen LogP contribution is 2.54. The number of benzene rings is 2. The summed E-state index contributed by atoms with van der Waals surface area (Å²) < 4.78 is 46.7. The van der Waals surface area contributed by atoms with Crippen LogP contribution in [-0.4, -0.2) is 34.6 Å². The number of anilines is 2. The SMILES string of the molecule is COc1ccc(N2C(=O)C3Sc4c(sc(=O)n4CC(=O)Nc4ccccc4C(F)(F)F)[C@H](c4cccs4)C3C2=O)cc1. The number of rotatable bonds is 6. The molecule has 3 amide bonds. The molecule has 2 aliphatic heterocycles. The Morgan fingerprint density at radius 1 is 1.00 bits per heavy atom. The monoisotopic (exact) mass is 631 g/mol. The van der Waals surface area contributed by atoms with Crippen molar-refractivity contribution >= 4 is 63.5 Å². The summed E-state index contributed by atoms with van der Waals surface area (Å²) in [5.41, 5.74) is -1.06. The van der Waals surface area contributed by atoms with E-state index in [2.05, 4.69) is 5.32 Å². The number of nitrogens with zero attached hydrogens (tertiary/aromatic N) is 2. The summed E-state index contributed by atoms with van der Waals surface area (Å²) >= 11 is 3.28. The van der Waals surface area contributed by atoms with E-state index in [1.165, 1.54) is 35.1 Å². The van der Waals surface area contributed by atoms with E-state index < -0.39 is 63.7 Å². The Hall–Kier alpha value is -3.88. The number of hydrogen-bond acceptors (Lipinski definition) is 8. The van der Waals surface area contributed by atoms with Gasteiger partial charge in [-0.1, -0.05) is 41.3 Å². The van der Waals surface area contributed by atoms with Gasteiger partial charge in [0, 0.05) is 15.7 Å². The standard InChI is InChI=1S/C28H20F3N3O5S3/c1-39-15-10-8-14(9-11-15)34-24(36)21-20(18-7-4-12-40-18)23-26(41-22(21)25(34)37)33(27(38)42-23)13-19(35)32-17-6-3-2-5-16(17)28(29,30)31/h2-12,20-22H,13H2,1H3,(H,32,35)/t20-,21?,22?/m1/s1. The minimum Gasteiger partial charge on any atom is -0.497 e. The number of aromatic nitrogens is 1. The summed E-state index contributed by atoms with van der Waals surface area (Å²) in [6.07, 6.45) is -4.69. The minimum absolute atomic E-state index is 0.349. The Labute approximate surface area is 248 Å². The Bertz CT molecular complexity index is 1750. The highest BCUT2D eigenvalue weighted by Gasteiger charge is 2.57. The van der Waals surface area contributed by atoms with Crippen LogP contribution in [0.25, 0.3) is 0 Å². The lowest BCUT2D eigenvalue weighted by Gasteiger charge is -2.29. The van der Waals surface area contributed by atoms with Crippen molar-refractivity contribution in [1.29, 1.82) is 0 Å². The summed E-state index contributed by atoms with van der Waals surface area (Å²) in [6, 6.07) is 14.7. The zero-order chi connectivity index (χ0) is 29.8. The van der Waals surface area contributed by atoms with Crippen molar-refractivity contribution in [2.75, 3.05) is 17.3 Å². The van der Waals surface area contributed by atoms with Crippen LogP contribution in [0.3, 0.4) is 0 Å². The van der Waals surface area contributed by atoms with Crippen LogP contribution in [0.2, 0.25) is 0 Å². The van der Waals surface area contributed by atoms with Crippen LogP contribution in [0.4, 0.5) is 24.5 Å². The molecule has 6 rings (SSSR count). The number of alkyl halides is 3. The molecule has 4 aromatic rings. The van der Waals surface area contributed by atoms with E-state index in [1.807, 2.05) is 17.5 Å². The van der Waals surface area contributed by atoms with Gasteiger partial charge in [0.2, 0.25) is 17.7 Å². The van der Waals surface area contributed by atoms with Crippen molar-refractivity contribution in [1.82, 2.24) is 4.57 Å². The zero-order valence-corrected chi connectivity index (χ0v) is 24.0. The number of methoxy groups -OCH3 is 1. The molecule has 8 nitrogen and oxygen atoms in total. The Kier molecular flexibility index (Phi) is 7.23. The van der Waals surface area contributed by atoms with Crippen LogP contribution in [0, 0.1) is 5.92 Å². The molecule has 1 saturated heterocycles. The number of carbonyl (C=O) groups is 3. The van der Waals surface area contributed by atoms with E-state index in [-0.39, 0.29) is 0 Å². The number of halogens is 3. The van der Waals surface area contributed by atoms with Gasteiger partial charge in [0.15, 0.2) is 0 Å². The van der Waals surface area contributed by atoms with E-state index in [0.29, 0.717) is 21.3 Å². The molecule has 2 aromatic carbocycles.